The molecule has 1 unspecified atom stereocenters. The summed E-state index contributed by atoms with van der Waals surface area (Å²) in [5.74, 6) is -1.84. The van der Waals surface area contributed by atoms with Gasteiger partial charge in [0.05, 0.1) is 0 Å². The van der Waals surface area contributed by atoms with E-state index in [9.17, 15) is 14.3 Å². The Morgan fingerprint density at radius 2 is 2.05 bits per heavy atom. The Morgan fingerprint density at radius 3 is 2.76 bits per heavy atom. The van der Waals surface area contributed by atoms with Crippen LogP contribution in [0.4, 0.5) is 10.1 Å². The van der Waals surface area contributed by atoms with Crippen LogP contribution in [0.2, 0.25) is 5.02 Å². The minimum Gasteiger partial charge on any atom is -0.481 e. The van der Waals surface area contributed by atoms with E-state index in [4.69, 9.17) is 11.6 Å². The van der Waals surface area contributed by atoms with Crippen LogP contribution in [0.15, 0.2) is 42.5 Å². The van der Waals surface area contributed by atoms with Crippen LogP contribution in [0.25, 0.3) is 0 Å². The Morgan fingerprint density at radius 1 is 1.29 bits per heavy atom. The quantitative estimate of drug-likeness (QED) is 0.940. The second-order valence-corrected chi connectivity index (χ2v) is 5.44. The molecule has 2 aromatic rings. The lowest BCUT2D eigenvalue weighted by Gasteiger charge is -2.20. The van der Waals surface area contributed by atoms with Crippen LogP contribution in [0, 0.1) is 5.82 Å². The maximum Gasteiger partial charge on any atom is 0.312 e. The normalized spacial score (nSPS) is 16.9. The van der Waals surface area contributed by atoms with E-state index in [1.807, 2.05) is 23.1 Å². The Bertz CT molecular complexity index is 684. The molecule has 1 atom stereocenters. The van der Waals surface area contributed by atoms with Gasteiger partial charge in [0, 0.05) is 29.4 Å². The average Bonchev–Trinajstić information content (AvgIpc) is 2.82. The minimum atomic E-state index is -0.871. The van der Waals surface area contributed by atoms with Crippen molar-refractivity contribution >= 4 is 23.3 Å². The van der Waals surface area contributed by atoms with Gasteiger partial charge in [-0.2, -0.15) is 0 Å². The number of hydrogen-bond acceptors (Lipinski definition) is 2. The number of para-hydroxylation sites is 1. The van der Waals surface area contributed by atoms with E-state index in [1.54, 1.807) is 18.2 Å². The van der Waals surface area contributed by atoms with Gasteiger partial charge in [0.25, 0.3) is 0 Å². The van der Waals surface area contributed by atoms with Gasteiger partial charge in [-0.05, 0) is 23.8 Å². The molecular formula is C16H13ClFNO2. The van der Waals surface area contributed by atoms with Crippen LogP contribution >= 0.6 is 11.6 Å². The van der Waals surface area contributed by atoms with E-state index < -0.39 is 11.9 Å². The predicted octanol–water partition coefficient (Wildman–Crippen LogP) is 3.67. The highest BCUT2D eigenvalue weighted by molar-refractivity contribution is 6.31. The van der Waals surface area contributed by atoms with Crippen molar-refractivity contribution in [3.05, 3.63) is 64.4 Å². The van der Waals surface area contributed by atoms with E-state index in [1.165, 1.54) is 6.07 Å². The number of anilines is 1. The zero-order valence-electron chi connectivity index (χ0n) is 11.1. The number of halogens is 2. The molecule has 0 saturated carbocycles. The summed E-state index contributed by atoms with van der Waals surface area (Å²) >= 11 is 6.05. The number of carboxylic acid groups (broad SMARTS) is 1. The molecule has 1 N–H and O–H groups in total. The molecule has 0 aliphatic carbocycles. The van der Waals surface area contributed by atoms with Crippen LogP contribution in [0.3, 0.4) is 0 Å². The van der Waals surface area contributed by atoms with E-state index in [0.717, 1.165) is 11.3 Å². The van der Waals surface area contributed by atoms with Crippen molar-refractivity contribution in [3.63, 3.8) is 0 Å². The molecule has 5 heteroatoms. The smallest absolute Gasteiger partial charge is 0.312 e. The van der Waals surface area contributed by atoms with Crippen LogP contribution in [0.1, 0.15) is 17.0 Å². The van der Waals surface area contributed by atoms with Gasteiger partial charge in [0.2, 0.25) is 0 Å². The molecule has 0 spiro atoms. The van der Waals surface area contributed by atoms with E-state index in [0.29, 0.717) is 17.1 Å². The Labute approximate surface area is 126 Å². The zero-order valence-corrected chi connectivity index (χ0v) is 11.8. The van der Waals surface area contributed by atoms with Crippen molar-refractivity contribution in [3.8, 4) is 0 Å². The summed E-state index contributed by atoms with van der Waals surface area (Å²) in [5.41, 5.74) is 1.97. The van der Waals surface area contributed by atoms with Gasteiger partial charge >= 0.3 is 5.97 Å². The van der Waals surface area contributed by atoms with Crippen molar-refractivity contribution in [2.24, 2.45) is 0 Å². The van der Waals surface area contributed by atoms with Gasteiger partial charge < -0.3 is 10.0 Å². The molecule has 21 heavy (non-hydrogen) atoms. The van der Waals surface area contributed by atoms with Crippen molar-refractivity contribution in [2.75, 3.05) is 11.4 Å². The number of carboxylic acids is 1. The Hall–Kier alpha value is -2.07. The third kappa shape index (κ3) is 2.47. The number of rotatable bonds is 3. The lowest BCUT2D eigenvalue weighted by atomic mass is 10.0. The van der Waals surface area contributed by atoms with Crippen LogP contribution in [-0.4, -0.2) is 17.6 Å². The second-order valence-electron chi connectivity index (χ2n) is 5.03. The molecule has 2 aromatic carbocycles. The van der Waals surface area contributed by atoms with Crippen LogP contribution < -0.4 is 4.90 Å². The number of nitrogens with zero attached hydrogens (tertiary/aromatic N) is 1. The summed E-state index contributed by atoms with van der Waals surface area (Å²) in [6.07, 6.45) is 0. The number of benzene rings is 2. The number of hydrogen-bond donors (Lipinski definition) is 1. The molecule has 1 aliphatic rings. The summed E-state index contributed by atoms with van der Waals surface area (Å²) in [6, 6.07) is 11.9. The largest absolute Gasteiger partial charge is 0.481 e. The maximum atomic E-state index is 13.9. The van der Waals surface area contributed by atoms with E-state index in [-0.39, 0.29) is 12.4 Å². The first-order valence-corrected chi connectivity index (χ1v) is 6.95. The average molecular weight is 306 g/mol. The molecule has 108 valence electrons. The van der Waals surface area contributed by atoms with Gasteiger partial charge in [-0.3, -0.25) is 4.79 Å². The third-order valence-electron chi connectivity index (χ3n) is 3.76. The number of fused-ring (bicyclic) bond motifs is 1. The first-order valence-electron chi connectivity index (χ1n) is 6.57. The lowest BCUT2D eigenvalue weighted by molar-refractivity contribution is -0.138. The molecule has 3 rings (SSSR count). The first-order chi connectivity index (χ1) is 10.1. The summed E-state index contributed by atoms with van der Waals surface area (Å²) in [4.78, 5) is 13.2. The van der Waals surface area contributed by atoms with Gasteiger partial charge in [-0.15, -0.1) is 0 Å². The molecule has 0 aromatic heterocycles. The fourth-order valence-electron chi connectivity index (χ4n) is 2.72. The van der Waals surface area contributed by atoms with E-state index >= 15 is 0 Å². The van der Waals surface area contributed by atoms with Crippen LogP contribution in [0.5, 0.6) is 0 Å². The molecular weight excluding hydrogens is 293 g/mol. The zero-order chi connectivity index (χ0) is 15.0. The third-order valence-corrected chi connectivity index (χ3v) is 4.12. The molecule has 0 fully saturated rings. The molecule has 0 amide bonds. The molecule has 0 bridgehead atoms. The number of aliphatic carboxylic acids is 1. The Kier molecular flexibility index (Phi) is 3.55. The Balaban J connectivity index is 1.96. The monoisotopic (exact) mass is 305 g/mol. The standard InChI is InChI=1S/C16H13ClFNO2/c17-13-5-3-6-14(18)12(13)9-19-8-11(16(20)21)10-4-1-2-7-15(10)19/h1-7,11H,8-9H2,(H,20,21). The highest BCUT2D eigenvalue weighted by Gasteiger charge is 2.33. The fraction of sp³-hybridized carbons (Fsp3) is 0.188. The SMILES string of the molecule is O=C(O)C1CN(Cc2c(F)cccc2Cl)c2ccccc21. The summed E-state index contributed by atoms with van der Waals surface area (Å²) in [7, 11) is 0. The van der Waals surface area contributed by atoms with E-state index in [2.05, 4.69) is 0 Å². The van der Waals surface area contributed by atoms with Gasteiger partial charge in [-0.25, -0.2) is 4.39 Å². The molecule has 0 radical (unpaired) electrons. The highest BCUT2D eigenvalue weighted by Crippen LogP contribution is 2.37. The molecule has 3 nitrogen and oxygen atoms in total. The predicted molar refractivity (Wildman–Crippen MR) is 79.3 cm³/mol. The van der Waals surface area contributed by atoms with Crippen molar-refractivity contribution in [1.82, 2.24) is 0 Å². The minimum absolute atomic E-state index is 0.256. The van der Waals surface area contributed by atoms with Gasteiger partial charge in [0.1, 0.15) is 11.7 Å². The summed E-state index contributed by atoms with van der Waals surface area (Å²) in [6.45, 7) is 0.575. The van der Waals surface area contributed by atoms with Crippen molar-refractivity contribution in [2.45, 2.75) is 12.5 Å². The van der Waals surface area contributed by atoms with Crippen molar-refractivity contribution in [1.29, 1.82) is 0 Å². The van der Waals surface area contributed by atoms with Gasteiger partial charge in [-0.1, -0.05) is 35.9 Å². The summed E-state index contributed by atoms with van der Waals surface area (Å²) in [5, 5.41) is 9.68. The van der Waals surface area contributed by atoms with Crippen LogP contribution in [-0.2, 0) is 11.3 Å². The highest BCUT2D eigenvalue weighted by atomic mass is 35.5. The fourth-order valence-corrected chi connectivity index (χ4v) is 2.95. The second kappa shape index (κ2) is 5.37. The van der Waals surface area contributed by atoms with Crippen molar-refractivity contribution < 1.29 is 14.3 Å². The number of carbonyl (C=O) groups is 1. The molecule has 1 heterocycles. The lowest BCUT2D eigenvalue weighted by Crippen LogP contribution is -2.24. The molecule has 1 aliphatic heterocycles. The summed E-state index contributed by atoms with van der Waals surface area (Å²) < 4.78 is 13.9. The topological polar surface area (TPSA) is 40.5 Å². The maximum absolute atomic E-state index is 13.9. The van der Waals surface area contributed by atoms with Gasteiger partial charge in [0.15, 0.2) is 0 Å². The first kappa shape index (κ1) is 13.9. The molecule has 0 saturated heterocycles.